The molecule has 1 aliphatic carbocycles. The Morgan fingerprint density at radius 2 is 1.04 bits per heavy atom. The van der Waals surface area contributed by atoms with Gasteiger partial charge in [0.15, 0.2) is 0 Å². The normalized spacial score (nSPS) is 13.2. The zero-order valence-electron chi connectivity index (χ0n) is 28.3. The lowest BCUT2D eigenvalue weighted by Gasteiger charge is -2.34. The van der Waals surface area contributed by atoms with Gasteiger partial charge in [0.2, 0.25) is 0 Å². The molecule has 0 saturated heterocycles. The third-order valence-electron chi connectivity index (χ3n) is 11.1. The van der Waals surface area contributed by atoms with Crippen molar-refractivity contribution in [1.82, 2.24) is 4.98 Å². The maximum absolute atomic E-state index is 5.22. The molecule has 2 heteroatoms. The van der Waals surface area contributed by atoms with Crippen molar-refractivity contribution in [3.63, 3.8) is 0 Å². The predicted octanol–water partition coefficient (Wildman–Crippen LogP) is 13.5. The molecule has 0 unspecified atom stereocenters. The smallest absolute Gasteiger partial charge is 0.0788 e. The van der Waals surface area contributed by atoms with E-state index < -0.39 is 5.41 Å². The van der Waals surface area contributed by atoms with Crippen LogP contribution in [0.3, 0.4) is 0 Å². The van der Waals surface area contributed by atoms with Gasteiger partial charge >= 0.3 is 0 Å². The molecule has 2 heterocycles. The van der Waals surface area contributed by atoms with Crippen LogP contribution < -0.4 is 0 Å². The van der Waals surface area contributed by atoms with Crippen molar-refractivity contribution in [3.05, 3.63) is 210 Å². The Kier molecular flexibility index (Phi) is 6.40. The van der Waals surface area contributed by atoms with Crippen LogP contribution in [0.15, 0.2) is 188 Å². The van der Waals surface area contributed by atoms with E-state index >= 15 is 0 Å². The number of para-hydroxylation sites is 1. The minimum atomic E-state index is -0.439. The van der Waals surface area contributed by atoms with Gasteiger partial charge in [-0.3, -0.25) is 0 Å². The summed E-state index contributed by atoms with van der Waals surface area (Å²) in [4.78, 5) is 5.22. The average molecular weight is 678 g/mol. The molecule has 0 N–H and O–H groups in total. The highest BCUT2D eigenvalue weighted by Gasteiger charge is 2.46. The van der Waals surface area contributed by atoms with Gasteiger partial charge in [-0.05, 0) is 62.7 Å². The van der Waals surface area contributed by atoms with Gasteiger partial charge in [-0.2, -0.15) is 0 Å². The minimum Gasteiger partial charge on any atom is -0.247 e. The first-order chi connectivity index (χ1) is 25.8. The van der Waals surface area contributed by atoms with Crippen LogP contribution in [0.25, 0.3) is 75.4 Å². The maximum Gasteiger partial charge on any atom is 0.0788 e. The van der Waals surface area contributed by atoms with Gasteiger partial charge in [0, 0.05) is 41.9 Å². The lowest BCUT2D eigenvalue weighted by molar-refractivity contribution is 0.769. The SMILES string of the molecule is c1ccc(-c2nc3ccccc3c3c2ccc2c3sc3cccc(-c4ccc5c(c4)C(c4ccccc4)(c4ccccc4)c4ccccc4-5)c32)cc1. The topological polar surface area (TPSA) is 12.9 Å². The largest absolute Gasteiger partial charge is 0.247 e. The number of fused-ring (bicyclic) bond motifs is 10. The first-order valence-electron chi connectivity index (χ1n) is 17.9. The van der Waals surface area contributed by atoms with E-state index in [0.29, 0.717) is 0 Å². The highest BCUT2D eigenvalue weighted by molar-refractivity contribution is 7.27. The zero-order valence-corrected chi connectivity index (χ0v) is 29.1. The first-order valence-corrected chi connectivity index (χ1v) is 18.7. The number of pyridine rings is 1. The molecule has 0 radical (unpaired) electrons. The van der Waals surface area contributed by atoms with E-state index in [1.807, 2.05) is 11.3 Å². The quantitative estimate of drug-likeness (QED) is 0.169. The Labute approximate surface area is 306 Å². The number of nitrogens with zero attached hydrogens (tertiary/aromatic N) is 1. The standard InChI is InChI=1S/C50H31NS/c1-4-15-32(16-5-1)48-40-29-30-41-46-36(23-14-26-45(46)52-49(41)47(40)39-22-11-13-25-44(39)51-48)33-27-28-38-37-21-10-12-24-42(37)50(43(38)31-33,34-17-6-2-7-18-34)35-19-8-3-9-20-35/h1-31H. The molecule has 2 aromatic heterocycles. The summed E-state index contributed by atoms with van der Waals surface area (Å²) in [5.41, 5.74) is 13.1. The monoisotopic (exact) mass is 677 g/mol. The van der Waals surface area contributed by atoms with Crippen LogP contribution in [0.4, 0.5) is 0 Å². The number of rotatable bonds is 4. The van der Waals surface area contributed by atoms with Crippen LogP contribution in [0.5, 0.6) is 0 Å². The molecule has 0 fully saturated rings. The van der Waals surface area contributed by atoms with Gasteiger partial charge in [0.25, 0.3) is 0 Å². The van der Waals surface area contributed by atoms with Crippen molar-refractivity contribution in [2.75, 3.05) is 0 Å². The van der Waals surface area contributed by atoms with Crippen molar-refractivity contribution in [2.45, 2.75) is 5.41 Å². The van der Waals surface area contributed by atoms with Crippen molar-refractivity contribution >= 4 is 53.2 Å². The molecule has 1 aliphatic rings. The fraction of sp³-hybridized carbons (Fsp3) is 0.0200. The fourth-order valence-corrected chi connectivity index (χ4v) is 10.3. The zero-order chi connectivity index (χ0) is 34.2. The van der Waals surface area contributed by atoms with Crippen LogP contribution in [-0.4, -0.2) is 4.98 Å². The third kappa shape index (κ3) is 4.07. The molecule has 0 spiro atoms. The first kappa shape index (κ1) is 29.4. The lowest BCUT2D eigenvalue weighted by Crippen LogP contribution is -2.28. The number of thiophene rings is 1. The van der Waals surface area contributed by atoms with Gasteiger partial charge in [-0.15, -0.1) is 11.3 Å². The number of benzene rings is 8. The van der Waals surface area contributed by atoms with Gasteiger partial charge in [0.1, 0.15) is 0 Å². The fourth-order valence-electron chi connectivity index (χ4n) is 8.99. The Balaban J connectivity index is 1.21. The van der Waals surface area contributed by atoms with Crippen molar-refractivity contribution in [1.29, 1.82) is 0 Å². The van der Waals surface area contributed by atoms with E-state index in [1.54, 1.807) is 0 Å². The molecule has 0 aliphatic heterocycles. The van der Waals surface area contributed by atoms with Gasteiger partial charge in [-0.1, -0.05) is 170 Å². The average Bonchev–Trinajstić information content (AvgIpc) is 3.75. The molecular weight excluding hydrogens is 647 g/mol. The summed E-state index contributed by atoms with van der Waals surface area (Å²) in [5, 5.41) is 6.27. The Morgan fingerprint density at radius 3 is 1.83 bits per heavy atom. The summed E-state index contributed by atoms with van der Waals surface area (Å²) in [7, 11) is 0. The Bertz CT molecular complexity index is 2960. The molecule has 242 valence electrons. The summed E-state index contributed by atoms with van der Waals surface area (Å²) in [6.45, 7) is 0. The van der Waals surface area contributed by atoms with Crippen LogP contribution in [0.2, 0.25) is 0 Å². The lowest BCUT2D eigenvalue weighted by atomic mass is 9.67. The molecule has 0 atom stereocenters. The van der Waals surface area contributed by atoms with Crippen LogP contribution in [0, 0.1) is 0 Å². The molecule has 8 aromatic carbocycles. The highest BCUT2D eigenvalue weighted by Crippen LogP contribution is 2.57. The summed E-state index contributed by atoms with van der Waals surface area (Å²) in [6, 6.07) is 69.0. The summed E-state index contributed by atoms with van der Waals surface area (Å²) >= 11 is 1.90. The van der Waals surface area contributed by atoms with E-state index in [0.717, 1.165) is 16.8 Å². The predicted molar refractivity (Wildman–Crippen MR) is 220 cm³/mol. The number of aromatic nitrogens is 1. The molecule has 0 saturated carbocycles. The molecule has 52 heavy (non-hydrogen) atoms. The van der Waals surface area contributed by atoms with E-state index in [9.17, 15) is 0 Å². The van der Waals surface area contributed by atoms with Crippen LogP contribution >= 0.6 is 11.3 Å². The molecular formula is C50H31NS. The Morgan fingerprint density at radius 1 is 0.404 bits per heavy atom. The maximum atomic E-state index is 5.22. The second kappa shape index (κ2) is 11.3. The van der Waals surface area contributed by atoms with Crippen molar-refractivity contribution in [3.8, 4) is 33.5 Å². The van der Waals surface area contributed by atoms with Gasteiger partial charge in [0.05, 0.1) is 16.6 Å². The number of hydrogen-bond donors (Lipinski definition) is 0. The molecule has 1 nitrogen and oxygen atoms in total. The molecule has 11 rings (SSSR count). The van der Waals surface area contributed by atoms with E-state index in [2.05, 4.69) is 188 Å². The van der Waals surface area contributed by atoms with Gasteiger partial charge < -0.3 is 0 Å². The van der Waals surface area contributed by atoms with E-state index in [4.69, 9.17) is 4.98 Å². The molecule has 0 amide bonds. The third-order valence-corrected chi connectivity index (χ3v) is 12.3. The second-order valence-corrected chi connectivity index (χ2v) is 14.8. The number of hydrogen-bond acceptors (Lipinski definition) is 2. The Hall–Kier alpha value is -6.35. The van der Waals surface area contributed by atoms with Crippen molar-refractivity contribution in [2.24, 2.45) is 0 Å². The summed E-state index contributed by atoms with van der Waals surface area (Å²) in [5.74, 6) is 0. The van der Waals surface area contributed by atoms with Crippen molar-refractivity contribution < 1.29 is 0 Å². The summed E-state index contributed by atoms with van der Waals surface area (Å²) in [6.07, 6.45) is 0. The van der Waals surface area contributed by atoms with Gasteiger partial charge in [-0.25, -0.2) is 4.98 Å². The summed E-state index contributed by atoms with van der Waals surface area (Å²) < 4.78 is 2.61. The van der Waals surface area contributed by atoms with Crippen LogP contribution in [-0.2, 0) is 5.41 Å². The highest BCUT2D eigenvalue weighted by atomic mass is 32.1. The molecule has 10 aromatic rings. The molecule has 0 bridgehead atoms. The minimum absolute atomic E-state index is 0.439. The van der Waals surface area contributed by atoms with E-state index in [1.165, 1.54) is 80.8 Å². The second-order valence-electron chi connectivity index (χ2n) is 13.8. The van der Waals surface area contributed by atoms with Crippen LogP contribution in [0.1, 0.15) is 22.3 Å². The van der Waals surface area contributed by atoms with E-state index in [-0.39, 0.29) is 0 Å².